The number of nitrogens with one attached hydrogen (secondary N) is 2. The number of carbonyl (C=O) groups is 1. The van der Waals surface area contributed by atoms with Crippen LogP contribution >= 0.6 is 24.0 Å². The molecule has 0 spiro atoms. The number of benzene rings is 2. The first kappa shape index (κ1) is 20.3. The second-order valence-electron chi connectivity index (χ2n) is 6.25. The average Bonchev–Trinajstić information content (AvgIpc) is 3.06. The Kier molecular flexibility index (Phi) is 7.09. The van der Waals surface area contributed by atoms with E-state index in [0.717, 1.165) is 22.0 Å². The molecule has 0 saturated heterocycles. The molecule has 2 aromatic carbocycles. The van der Waals surface area contributed by atoms with Crippen molar-refractivity contribution >= 4 is 40.8 Å². The van der Waals surface area contributed by atoms with E-state index >= 15 is 0 Å². The van der Waals surface area contributed by atoms with E-state index < -0.39 is 0 Å². The lowest BCUT2D eigenvalue weighted by atomic mass is 9.90. The molecule has 6 heteroatoms. The summed E-state index contributed by atoms with van der Waals surface area (Å²) in [7, 11) is 0. The number of aromatic amines is 1. The molecule has 1 amide bonds. The van der Waals surface area contributed by atoms with Crippen molar-refractivity contribution in [2.75, 3.05) is 13.1 Å². The van der Waals surface area contributed by atoms with Crippen molar-refractivity contribution in [3.8, 4) is 0 Å². The normalized spacial score (nSPS) is 13.0. The molecule has 1 heterocycles. The van der Waals surface area contributed by atoms with Crippen LogP contribution in [0.1, 0.15) is 24.0 Å². The third-order valence-corrected chi connectivity index (χ3v) is 4.90. The van der Waals surface area contributed by atoms with Gasteiger partial charge in [0, 0.05) is 47.0 Å². The molecule has 4 nitrogen and oxygen atoms in total. The molecule has 2 atom stereocenters. The number of hydrogen-bond acceptors (Lipinski definition) is 2. The van der Waals surface area contributed by atoms with Gasteiger partial charge in [0.15, 0.2) is 0 Å². The molecule has 4 N–H and O–H groups in total. The fraction of sp³-hybridized carbons (Fsp3) is 0.250. The number of carbonyl (C=O) groups excluding carboxylic acids is 1. The van der Waals surface area contributed by atoms with Crippen molar-refractivity contribution in [2.24, 2.45) is 11.7 Å². The van der Waals surface area contributed by atoms with Gasteiger partial charge in [0.05, 0.1) is 0 Å². The van der Waals surface area contributed by atoms with E-state index in [4.69, 9.17) is 17.3 Å². The lowest BCUT2D eigenvalue weighted by molar-refractivity contribution is -0.124. The highest BCUT2D eigenvalue weighted by atomic mass is 35.5. The summed E-state index contributed by atoms with van der Waals surface area (Å²) in [5.41, 5.74) is 8.77. The minimum atomic E-state index is -0.213. The van der Waals surface area contributed by atoms with E-state index in [0.29, 0.717) is 18.1 Å². The van der Waals surface area contributed by atoms with Crippen LogP contribution in [0, 0.1) is 5.92 Å². The Morgan fingerprint density at radius 2 is 1.85 bits per heavy atom. The molecule has 2 unspecified atom stereocenters. The predicted octanol–water partition coefficient (Wildman–Crippen LogP) is 4.09. The van der Waals surface area contributed by atoms with Crippen molar-refractivity contribution in [2.45, 2.75) is 12.8 Å². The fourth-order valence-electron chi connectivity index (χ4n) is 3.01. The number of fused-ring (bicyclic) bond motifs is 1. The molecule has 1 aromatic heterocycles. The smallest absolute Gasteiger partial charge is 0.224 e. The molecular formula is C20H23Cl2N3O. The first-order valence-corrected chi connectivity index (χ1v) is 8.77. The quantitative estimate of drug-likeness (QED) is 0.592. The number of rotatable bonds is 6. The molecule has 0 radical (unpaired) electrons. The van der Waals surface area contributed by atoms with Crippen LogP contribution in [0.25, 0.3) is 10.9 Å². The van der Waals surface area contributed by atoms with Crippen LogP contribution < -0.4 is 11.1 Å². The van der Waals surface area contributed by atoms with Crippen LogP contribution in [0.5, 0.6) is 0 Å². The SMILES string of the molecule is CC(CN)C(=O)NCC(c1ccccc1Cl)c1c[nH]c2ccccc12.Cl. The molecule has 3 rings (SSSR count). The number of aromatic nitrogens is 1. The van der Waals surface area contributed by atoms with E-state index in [1.165, 1.54) is 0 Å². The van der Waals surface area contributed by atoms with Gasteiger partial charge in [-0.15, -0.1) is 12.4 Å². The molecular weight excluding hydrogens is 369 g/mol. The zero-order valence-corrected chi connectivity index (χ0v) is 16.1. The second-order valence-corrected chi connectivity index (χ2v) is 6.65. The Bertz CT molecular complexity index is 878. The van der Waals surface area contributed by atoms with E-state index in [2.05, 4.69) is 16.4 Å². The van der Waals surface area contributed by atoms with Crippen LogP contribution in [0.4, 0.5) is 0 Å². The van der Waals surface area contributed by atoms with Gasteiger partial charge in [-0.1, -0.05) is 54.9 Å². The molecule has 138 valence electrons. The molecule has 0 bridgehead atoms. The van der Waals surface area contributed by atoms with Gasteiger partial charge in [0.2, 0.25) is 5.91 Å². The van der Waals surface area contributed by atoms with Crippen LogP contribution in [0.2, 0.25) is 5.02 Å². The Balaban J connectivity index is 0.00000243. The third kappa shape index (κ3) is 4.21. The summed E-state index contributed by atoms with van der Waals surface area (Å²) in [6.45, 7) is 2.62. The summed E-state index contributed by atoms with van der Waals surface area (Å²) < 4.78 is 0. The molecule has 0 fully saturated rings. The molecule has 26 heavy (non-hydrogen) atoms. The van der Waals surface area contributed by atoms with Crippen molar-refractivity contribution in [3.05, 3.63) is 70.9 Å². The number of hydrogen-bond donors (Lipinski definition) is 3. The molecule has 0 aliphatic rings. The van der Waals surface area contributed by atoms with Gasteiger partial charge in [-0.2, -0.15) is 0 Å². The molecule has 3 aromatic rings. The van der Waals surface area contributed by atoms with Gasteiger partial charge in [0.25, 0.3) is 0 Å². The molecule has 0 saturated carbocycles. The topological polar surface area (TPSA) is 70.9 Å². The fourth-order valence-corrected chi connectivity index (χ4v) is 3.28. The summed E-state index contributed by atoms with van der Waals surface area (Å²) in [5.74, 6) is -0.298. The summed E-state index contributed by atoms with van der Waals surface area (Å²) >= 11 is 6.45. The van der Waals surface area contributed by atoms with E-state index in [-0.39, 0.29) is 30.2 Å². The van der Waals surface area contributed by atoms with Crippen LogP contribution in [-0.2, 0) is 4.79 Å². The average molecular weight is 392 g/mol. The molecule has 0 aliphatic heterocycles. The lowest BCUT2D eigenvalue weighted by Gasteiger charge is -2.20. The Morgan fingerprint density at radius 1 is 1.15 bits per heavy atom. The Labute approximate surface area is 164 Å². The van der Waals surface area contributed by atoms with Gasteiger partial charge < -0.3 is 16.0 Å². The number of H-pyrrole nitrogens is 1. The monoisotopic (exact) mass is 391 g/mol. The van der Waals surface area contributed by atoms with Crippen LogP contribution in [0.15, 0.2) is 54.7 Å². The zero-order valence-electron chi connectivity index (χ0n) is 14.5. The summed E-state index contributed by atoms with van der Waals surface area (Å²) in [6.07, 6.45) is 2.00. The highest BCUT2D eigenvalue weighted by molar-refractivity contribution is 6.31. The third-order valence-electron chi connectivity index (χ3n) is 4.56. The Morgan fingerprint density at radius 3 is 2.58 bits per heavy atom. The summed E-state index contributed by atoms with van der Waals surface area (Å²) in [6, 6.07) is 15.9. The zero-order chi connectivity index (χ0) is 17.8. The van der Waals surface area contributed by atoms with Gasteiger partial charge in [-0.05, 0) is 23.3 Å². The number of para-hydroxylation sites is 1. The van der Waals surface area contributed by atoms with Gasteiger partial charge in [-0.3, -0.25) is 4.79 Å². The first-order chi connectivity index (χ1) is 12.1. The highest BCUT2D eigenvalue weighted by Gasteiger charge is 2.22. The first-order valence-electron chi connectivity index (χ1n) is 8.40. The molecule has 0 aliphatic carbocycles. The summed E-state index contributed by atoms with van der Waals surface area (Å²) in [5, 5.41) is 4.85. The standard InChI is InChI=1S/C20H22ClN3O.ClH/c1-13(10-22)20(25)24-12-16(14-6-2-4-8-18(14)21)17-11-23-19-9-5-3-7-15(17)19;/h2-9,11,13,16,23H,10,12,22H2,1H3,(H,24,25);1H. The van der Waals surface area contributed by atoms with Crippen molar-refractivity contribution in [3.63, 3.8) is 0 Å². The Hall–Kier alpha value is -2.01. The van der Waals surface area contributed by atoms with E-state index in [9.17, 15) is 4.79 Å². The summed E-state index contributed by atoms with van der Waals surface area (Å²) in [4.78, 5) is 15.5. The minimum Gasteiger partial charge on any atom is -0.361 e. The van der Waals surface area contributed by atoms with Gasteiger partial charge in [0.1, 0.15) is 0 Å². The largest absolute Gasteiger partial charge is 0.361 e. The number of halogens is 2. The maximum Gasteiger partial charge on any atom is 0.224 e. The van der Waals surface area contributed by atoms with Crippen LogP contribution in [0.3, 0.4) is 0 Å². The second kappa shape index (κ2) is 9.08. The van der Waals surface area contributed by atoms with Crippen molar-refractivity contribution in [1.82, 2.24) is 10.3 Å². The van der Waals surface area contributed by atoms with Crippen molar-refractivity contribution < 1.29 is 4.79 Å². The maximum absolute atomic E-state index is 12.2. The lowest BCUT2D eigenvalue weighted by Crippen LogP contribution is -2.36. The number of amides is 1. The predicted molar refractivity (Wildman–Crippen MR) is 110 cm³/mol. The van der Waals surface area contributed by atoms with E-state index in [1.807, 2.05) is 55.6 Å². The van der Waals surface area contributed by atoms with E-state index in [1.54, 1.807) is 0 Å². The number of nitrogens with two attached hydrogens (primary N) is 1. The van der Waals surface area contributed by atoms with Crippen molar-refractivity contribution in [1.29, 1.82) is 0 Å². The van der Waals surface area contributed by atoms with Gasteiger partial charge >= 0.3 is 0 Å². The maximum atomic E-state index is 12.2. The van der Waals surface area contributed by atoms with Crippen LogP contribution in [-0.4, -0.2) is 24.0 Å². The van der Waals surface area contributed by atoms with Gasteiger partial charge in [-0.25, -0.2) is 0 Å². The highest BCUT2D eigenvalue weighted by Crippen LogP contribution is 2.34. The minimum absolute atomic E-state index is 0.